The molecule has 0 unspecified atom stereocenters. The Balaban J connectivity index is 1.67. The second-order valence-electron chi connectivity index (χ2n) is 6.68. The maximum Gasteiger partial charge on any atom is 0.224 e. The molecule has 0 bridgehead atoms. The maximum atomic E-state index is 13.7. The first-order valence-electron chi connectivity index (χ1n) is 9.26. The van der Waals surface area contributed by atoms with Gasteiger partial charge < -0.3 is 16.8 Å². The van der Waals surface area contributed by atoms with Crippen molar-refractivity contribution in [3.63, 3.8) is 0 Å². The van der Waals surface area contributed by atoms with Gasteiger partial charge in [-0.3, -0.25) is 0 Å². The second-order valence-corrected chi connectivity index (χ2v) is 6.68. The Kier molecular flexibility index (Phi) is 5.09. The summed E-state index contributed by atoms with van der Waals surface area (Å²) in [6.07, 6.45) is 0.583. The summed E-state index contributed by atoms with van der Waals surface area (Å²) in [5.74, 6) is -0.00812. The van der Waals surface area contributed by atoms with Gasteiger partial charge in [0.15, 0.2) is 5.82 Å². The number of nitrogens with zero attached hydrogens (tertiary/aromatic N) is 4. The van der Waals surface area contributed by atoms with Crippen molar-refractivity contribution < 1.29 is 4.39 Å². The van der Waals surface area contributed by atoms with Crippen LogP contribution < -0.4 is 16.8 Å². The third kappa shape index (κ3) is 3.82. The van der Waals surface area contributed by atoms with Crippen molar-refractivity contribution in [2.75, 3.05) is 23.3 Å². The minimum absolute atomic E-state index is 0.00614. The number of rotatable bonds is 5. The number of pyridine rings is 1. The van der Waals surface area contributed by atoms with Crippen LogP contribution in [0.1, 0.15) is 11.1 Å². The molecule has 0 aliphatic heterocycles. The van der Waals surface area contributed by atoms with Crippen LogP contribution in [0.2, 0.25) is 0 Å². The first kappa shape index (κ1) is 19.1. The number of anilines is 3. The quantitative estimate of drug-likeness (QED) is 0.468. The summed E-state index contributed by atoms with van der Waals surface area (Å²) in [5.41, 5.74) is 14.8. The molecule has 7 nitrogen and oxygen atoms in total. The van der Waals surface area contributed by atoms with Crippen molar-refractivity contribution >= 4 is 28.5 Å². The minimum Gasteiger partial charge on any atom is -0.382 e. The standard InChI is InChI=1S/C22H18FN7/c23-16-7-6-14-10-15(19(28-18(14)11-16)13-4-2-1-3-5-13)8-9-27-21-17(12-24)20(25)29-22(26)30-21/h1-7,10-11H,8-9H2,(H5,25,26,27,29,30). The van der Waals surface area contributed by atoms with Crippen LogP contribution in [0.25, 0.3) is 22.2 Å². The van der Waals surface area contributed by atoms with E-state index in [4.69, 9.17) is 16.5 Å². The molecule has 0 saturated heterocycles. The minimum atomic E-state index is -0.327. The molecule has 2 aromatic carbocycles. The molecule has 4 rings (SSSR count). The first-order chi connectivity index (χ1) is 14.5. The lowest BCUT2D eigenvalue weighted by Gasteiger charge is -2.13. The third-order valence-corrected chi connectivity index (χ3v) is 4.66. The summed E-state index contributed by atoms with van der Waals surface area (Å²) in [7, 11) is 0. The molecular weight excluding hydrogens is 381 g/mol. The first-order valence-corrected chi connectivity index (χ1v) is 9.26. The molecule has 0 aliphatic rings. The summed E-state index contributed by atoms with van der Waals surface area (Å²) >= 11 is 0. The lowest BCUT2D eigenvalue weighted by Crippen LogP contribution is -2.12. The lowest BCUT2D eigenvalue weighted by molar-refractivity contribution is 0.629. The van der Waals surface area contributed by atoms with Gasteiger partial charge in [-0.1, -0.05) is 30.3 Å². The highest BCUT2D eigenvalue weighted by molar-refractivity contribution is 5.83. The molecule has 0 amide bonds. The van der Waals surface area contributed by atoms with Gasteiger partial charge in [0.2, 0.25) is 5.95 Å². The Morgan fingerprint density at radius 2 is 1.80 bits per heavy atom. The molecule has 0 aliphatic carbocycles. The van der Waals surface area contributed by atoms with Crippen LogP contribution in [-0.4, -0.2) is 21.5 Å². The van der Waals surface area contributed by atoms with Crippen LogP contribution in [0, 0.1) is 17.1 Å². The van der Waals surface area contributed by atoms with Crippen molar-refractivity contribution in [3.05, 3.63) is 71.5 Å². The van der Waals surface area contributed by atoms with Gasteiger partial charge in [0.25, 0.3) is 0 Å². The van der Waals surface area contributed by atoms with Crippen LogP contribution in [0.3, 0.4) is 0 Å². The molecule has 0 saturated carbocycles. The van der Waals surface area contributed by atoms with E-state index in [1.165, 1.54) is 12.1 Å². The van der Waals surface area contributed by atoms with E-state index in [9.17, 15) is 9.65 Å². The number of hydrogen-bond acceptors (Lipinski definition) is 7. The van der Waals surface area contributed by atoms with Crippen LogP contribution in [0.5, 0.6) is 0 Å². The molecule has 0 atom stereocenters. The average Bonchev–Trinajstić information content (AvgIpc) is 2.74. The zero-order valence-electron chi connectivity index (χ0n) is 15.9. The fraction of sp³-hybridized carbons (Fsp3) is 0.0909. The lowest BCUT2D eigenvalue weighted by atomic mass is 10.0. The number of fused-ring (bicyclic) bond motifs is 1. The Labute approximate surface area is 172 Å². The fourth-order valence-corrected chi connectivity index (χ4v) is 3.27. The van der Waals surface area contributed by atoms with Crippen molar-refractivity contribution in [1.29, 1.82) is 5.26 Å². The predicted octanol–water partition coefficient (Wildman–Crippen LogP) is 3.52. The zero-order valence-corrected chi connectivity index (χ0v) is 15.9. The van der Waals surface area contributed by atoms with Gasteiger partial charge in [0.1, 0.15) is 23.3 Å². The molecule has 0 fully saturated rings. The van der Waals surface area contributed by atoms with Gasteiger partial charge in [-0.2, -0.15) is 15.2 Å². The van der Waals surface area contributed by atoms with E-state index in [2.05, 4.69) is 15.3 Å². The van der Waals surface area contributed by atoms with Crippen LogP contribution in [-0.2, 0) is 6.42 Å². The highest BCUT2D eigenvalue weighted by Gasteiger charge is 2.13. The van der Waals surface area contributed by atoms with Gasteiger partial charge in [0.05, 0.1) is 11.2 Å². The van der Waals surface area contributed by atoms with Gasteiger partial charge in [-0.15, -0.1) is 0 Å². The summed E-state index contributed by atoms with van der Waals surface area (Å²) in [6.45, 7) is 0.457. The van der Waals surface area contributed by atoms with Crippen molar-refractivity contribution in [1.82, 2.24) is 15.0 Å². The van der Waals surface area contributed by atoms with E-state index in [0.717, 1.165) is 22.2 Å². The third-order valence-electron chi connectivity index (χ3n) is 4.66. The van der Waals surface area contributed by atoms with Crippen molar-refractivity contribution in [3.8, 4) is 17.3 Å². The highest BCUT2D eigenvalue weighted by Crippen LogP contribution is 2.27. The van der Waals surface area contributed by atoms with E-state index in [-0.39, 0.29) is 23.1 Å². The predicted molar refractivity (Wildman–Crippen MR) is 115 cm³/mol. The average molecular weight is 399 g/mol. The normalized spacial score (nSPS) is 10.7. The van der Waals surface area contributed by atoms with E-state index in [0.29, 0.717) is 24.3 Å². The van der Waals surface area contributed by atoms with Crippen molar-refractivity contribution in [2.45, 2.75) is 6.42 Å². The monoisotopic (exact) mass is 399 g/mol. The molecule has 8 heteroatoms. The van der Waals surface area contributed by atoms with E-state index >= 15 is 0 Å². The zero-order chi connectivity index (χ0) is 21.1. The van der Waals surface area contributed by atoms with Crippen LogP contribution >= 0.6 is 0 Å². The summed E-state index contributed by atoms with van der Waals surface area (Å²) in [5, 5.41) is 13.3. The number of nitrogens with two attached hydrogens (primary N) is 2. The molecule has 2 heterocycles. The van der Waals surface area contributed by atoms with E-state index in [1.54, 1.807) is 6.07 Å². The Morgan fingerprint density at radius 3 is 2.57 bits per heavy atom. The number of nitriles is 1. The number of nitrogen functional groups attached to an aromatic ring is 2. The topological polar surface area (TPSA) is 127 Å². The van der Waals surface area contributed by atoms with E-state index in [1.807, 2.05) is 42.5 Å². The molecular formula is C22H18FN7. The fourth-order valence-electron chi connectivity index (χ4n) is 3.27. The van der Waals surface area contributed by atoms with Gasteiger partial charge in [-0.25, -0.2) is 9.37 Å². The number of aromatic nitrogens is 3. The number of nitrogens with one attached hydrogen (secondary N) is 1. The number of hydrogen-bond donors (Lipinski definition) is 3. The van der Waals surface area contributed by atoms with Crippen LogP contribution in [0.15, 0.2) is 54.6 Å². The number of benzene rings is 2. The molecule has 0 spiro atoms. The van der Waals surface area contributed by atoms with Gasteiger partial charge in [-0.05, 0) is 30.2 Å². The molecule has 5 N–H and O–H groups in total. The highest BCUT2D eigenvalue weighted by atomic mass is 19.1. The molecule has 148 valence electrons. The summed E-state index contributed by atoms with van der Waals surface area (Å²) in [6, 6.07) is 18.3. The van der Waals surface area contributed by atoms with Crippen LogP contribution in [0.4, 0.5) is 22.0 Å². The Bertz CT molecular complexity index is 1270. The Hall–Kier alpha value is -4.25. The second kappa shape index (κ2) is 8.01. The van der Waals surface area contributed by atoms with Gasteiger partial charge >= 0.3 is 0 Å². The largest absolute Gasteiger partial charge is 0.382 e. The number of halogens is 1. The molecule has 4 aromatic rings. The smallest absolute Gasteiger partial charge is 0.224 e. The summed E-state index contributed by atoms with van der Waals surface area (Å²) in [4.78, 5) is 12.6. The molecule has 0 radical (unpaired) electrons. The van der Waals surface area contributed by atoms with E-state index < -0.39 is 0 Å². The summed E-state index contributed by atoms with van der Waals surface area (Å²) < 4.78 is 13.7. The Morgan fingerprint density at radius 1 is 1.00 bits per heavy atom. The van der Waals surface area contributed by atoms with Crippen molar-refractivity contribution in [2.24, 2.45) is 0 Å². The van der Waals surface area contributed by atoms with Gasteiger partial charge in [0, 0.05) is 23.6 Å². The maximum absolute atomic E-state index is 13.7. The SMILES string of the molecule is N#Cc1c(N)nc(N)nc1NCCc1cc2ccc(F)cc2nc1-c1ccccc1. The molecule has 30 heavy (non-hydrogen) atoms. The molecule has 2 aromatic heterocycles.